The van der Waals surface area contributed by atoms with Gasteiger partial charge >= 0.3 is 5.97 Å². The maximum Gasteiger partial charge on any atom is 0.307 e. The fourth-order valence-corrected chi connectivity index (χ4v) is 3.07. The largest absolute Gasteiger partial charge is 0.493 e. The normalized spacial score (nSPS) is 11.0. The van der Waals surface area contributed by atoms with Gasteiger partial charge in [0.2, 0.25) is 0 Å². The van der Waals surface area contributed by atoms with Gasteiger partial charge in [-0.2, -0.15) is 0 Å². The number of oxazole rings is 1. The Morgan fingerprint density at radius 3 is 2.68 bits per heavy atom. The summed E-state index contributed by atoms with van der Waals surface area (Å²) in [6.45, 7) is 6.53. The zero-order valence-corrected chi connectivity index (χ0v) is 16.4. The molecule has 0 spiro atoms. The smallest absolute Gasteiger partial charge is 0.307 e. The number of carboxylic acid groups (broad SMARTS) is 1. The average molecular weight is 379 g/mol. The van der Waals surface area contributed by atoms with Crippen molar-refractivity contribution in [3.8, 4) is 16.9 Å². The maximum absolute atomic E-state index is 11.1. The SMILES string of the molecule is Cc1oc(C(C)C)nc1CCOc1cccc(-c2ccccc2CC(=O)O)c1. The number of hydrogen-bond acceptors (Lipinski definition) is 4. The van der Waals surface area contributed by atoms with Gasteiger partial charge in [-0.1, -0.05) is 50.2 Å². The van der Waals surface area contributed by atoms with E-state index in [1.54, 1.807) is 0 Å². The number of carboxylic acids is 1. The number of nitrogens with zero attached hydrogens (tertiary/aromatic N) is 1. The molecule has 1 heterocycles. The van der Waals surface area contributed by atoms with E-state index in [0.717, 1.165) is 39.8 Å². The summed E-state index contributed by atoms with van der Waals surface area (Å²) in [6, 6.07) is 15.3. The van der Waals surface area contributed by atoms with Crippen LogP contribution in [0.3, 0.4) is 0 Å². The first-order valence-electron chi connectivity index (χ1n) is 9.43. The van der Waals surface area contributed by atoms with E-state index in [4.69, 9.17) is 14.3 Å². The standard InChI is InChI=1S/C23H25NO4/c1-15(2)23-24-21(16(3)28-23)11-12-27-19-9-6-8-17(13-19)20-10-5-4-7-18(20)14-22(25)26/h4-10,13,15H,11-12,14H2,1-3H3,(H,25,26). The first-order valence-corrected chi connectivity index (χ1v) is 9.43. The summed E-state index contributed by atoms with van der Waals surface area (Å²) < 4.78 is 11.6. The third kappa shape index (κ3) is 4.80. The minimum Gasteiger partial charge on any atom is -0.493 e. The van der Waals surface area contributed by atoms with Gasteiger partial charge in [0.1, 0.15) is 11.5 Å². The minimum absolute atomic E-state index is 0.00905. The van der Waals surface area contributed by atoms with Crippen molar-refractivity contribution in [3.63, 3.8) is 0 Å². The fraction of sp³-hybridized carbons (Fsp3) is 0.304. The molecule has 0 radical (unpaired) electrons. The molecule has 0 saturated carbocycles. The average Bonchev–Trinajstić information content (AvgIpc) is 3.03. The highest BCUT2D eigenvalue weighted by atomic mass is 16.5. The van der Waals surface area contributed by atoms with Gasteiger partial charge in [0.25, 0.3) is 0 Å². The van der Waals surface area contributed by atoms with Crippen LogP contribution in [0.5, 0.6) is 5.75 Å². The molecule has 0 amide bonds. The number of aliphatic carboxylic acids is 1. The Morgan fingerprint density at radius 1 is 1.18 bits per heavy atom. The van der Waals surface area contributed by atoms with Crippen molar-refractivity contribution < 1.29 is 19.1 Å². The molecule has 0 aliphatic rings. The van der Waals surface area contributed by atoms with E-state index in [0.29, 0.717) is 13.0 Å². The Balaban J connectivity index is 1.70. The Bertz CT molecular complexity index is 959. The van der Waals surface area contributed by atoms with Crippen molar-refractivity contribution in [3.05, 3.63) is 71.4 Å². The first kappa shape index (κ1) is 19.7. The van der Waals surface area contributed by atoms with E-state index in [1.807, 2.05) is 55.5 Å². The number of ether oxygens (including phenoxy) is 1. The van der Waals surface area contributed by atoms with Crippen molar-refractivity contribution >= 4 is 5.97 Å². The van der Waals surface area contributed by atoms with Gasteiger partial charge in [0.05, 0.1) is 18.7 Å². The van der Waals surface area contributed by atoms with E-state index in [1.165, 1.54) is 0 Å². The number of aromatic nitrogens is 1. The minimum atomic E-state index is -0.844. The summed E-state index contributed by atoms with van der Waals surface area (Å²) >= 11 is 0. The van der Waals surface area contributed by atoms with E-state index >= 15 is 0 Å². The molecule has 0 aliphatic carbocycles. The lowest BCUT2D eigenvalue weighted by Crippen LogP contribution is -2.03. The van der Waals surface area contributed by atoms with Crippen LogP contribution in [0.2, 0.25) is 0 Å². The molecule has 0 atom stereocenters. The Hall–Kier alpha value is -3.08. The quantitative estimate of drug-likeness (QED) is 0.595. The number of aryl methyl sites for hydroxylation is 1. The van der Waals surface area contributed by atoms with Gasteiger partial charge in [0, 0.05) is 12.3 Å². The zero-order valence-electron chi connectivity index (χ0n) is 16.4. The Labute approximate surface area is 165 Å². The van der Waals surface area contributed by atoms with Gasteiger partial charge in [-0.05, 0) is 35.7 Å². The first-order chi connectivity index (χ1) is 13.4. The van der Waals surface area contributed by atoms with Gasteiger partial charge in [-0.25, -0.2) is 4.98 Å². The van der Waals surface area contributed by atoms with E-state index in [2.05, 4.69) is 18.8 Å². The molecular formula is C23H25NO4. The molecule has 3 rings (SSSR count). The molecule has 1 N–H and O–H groups in total. The highest BCUT2D eigenvalue weighted by molar-refractivity contribution is 5.77. The number of rotatable bonds is 8. The summed E-state index contributed by atoms with van der Waals surface area (Å²) in [6.07, 6.45) is 0.659. The second kappa shape index (κ2) is 8.74. The van der Waals surface area contributed by atoms with E-state index in [-0.39, 0.29) is 12.3 Å². The van der Waals surface area contributed by atoms with Gasteiger partial charge in [0.15, 0.2) is 5.89 Å². The highest BCUT2D eigenvalue weighted by Crippen LogP contribution is 2.27. The molecule has 1 aromatic heterocycles. The lowest BCUT2D eigenvalue weighted by atomic mass is 9.97. The lowest BCUT2D eigenvalue weighted by Gasteiger charge is -2.11. The molecule has 2 aromatic carbocycles. The zero-order chi connectivity index (χ0) is 20.1. The number of hydrogen-bond donors (Lipinski definition) is 1. The van der Waals surface area contributed by atoms with Crippen molar-refractivity contribution in [2.75, 3.05) is 6.61 Å². The van der Waals surface area contributed by atoms with Crippen LogP contribution in [-0.4, -0.2) is 22.7 Å². The van der Waals surface area contributed by atoms with Crippen LogP contribution >= 0.6 is 0 Å². The third-order valence-corrected chi connectivity index (χ3v) is 4.51. The number of carbonyl (C=O) groups is 1. The van der Waals surface area contributed by atoms with Crippen molar-refractivity contribution in [1.29, 1.82) is 0 Å². The monoisotopic (exact) mass is 379 g/mol. The third-order valence-electron chi connectivity index (χ3n) is 4.51. The molecule has 0 saturated heterocycles. The van der Waals surface area contributed by atoms with Crippen LogP contribution in [0, 0.1) is 6.92 Å². The van der Waals surface area contributed by atoms with Crippen molar-refractivity contribution in [2.24, 2.45) is 0 Å². The van der Waals surface area contributed by atoms with Crippen LogP contribution in [0.4, 0.5) is 0 Å². The Kier molecular flexibility index (Phi) is 6.14. The van der Waals surface area contributed by atoms with E-state index in [9.17, 15) is 4.79 Å². The van der Waals surface area contributed by atoms with Gasteiger partial charge in [-0.3, -0.25) is 4.79 Å². The van der Waals surface area contributed by atoms with Crippen LogP contribution in [0.1, 0.15) is 42.7 Å². The van der Waals surface area contributed by atoms with Gasteiger partial charge < -0.3 is 14.3 Å². The molecule has 0 fully saturated rings. The van der Waals surface area contributed by atoms with Crippen LogP contribution in [0.15, 0.2) is 52.9 Å². The van der Waals surface area contributed by atoms with Crippen molar-refractivity contribution in [2.45, 2.75) is 39.5 Å². The van der Waals surface area contributed by atoms with Crippen LogP contribution < -0.4 is 4.74 Å². The topological polar surface area (TPSA) is 72.6 Å². The lowest BCUT2D eigenvalue weighted by molar-refractivity contribution is -0.136. The summed E-state index contributed by atoms with van der Waals surface area (Å²) in [5, 5.41) is 9.14. The second-order valence-corrected chi connectivity index (χ2v) is 7.06. The van der Waals surface area contributed by atoms with Crippen LogP contribution in [0.25, 0.3) is 11.1 Å². The summed E-state index contributed by atoms with van der Waals surface area (Å²) in [4.78, 5) is 15.7. The fourth-order valence-electron chi connectivity index (χ4n) is 3.07. The molecule has 0 bridgehead atoms. The summed E-state index contributed by atoms with van der Waals surface area (Å²) in [5.74, 6) is 1.75. The molecule has 28 heavy (non-hydrogen) atoms. The second-order valence-electron chi connectivity index (χ2n) is 7.06. The predicted molar refractivity (Wildman–Crippen MR) is 108 cm³/mol. The molecule has 0 unspecified atom stereocenters. The molecule has 5 heteroatoms. The molecular weight excluding hydrogens is 354 g/mol. The molecule has 3 aromatic rings. The summed E-state index contributed by atoms with van der Waals surface area (Å²) in [5.41, 5.74) is 3.55. The molecule has 0 aliphatic heterocycles. The number of benzene rings is 2. The highest BCUT2D eigenvalue weighted by Gasteiger charge is 2.13. The predicted octanol–water partition coefficient (Wildman–Crippen LogP) is 5.02. The maximum atomic E-state index is 11.1. The van der Waals surface area contributed by atoms with Gasteiger partial charge in [-0.15, -0.1) is 0 Å². The molecule has 5 nitrogen and oxygen atoms in total. The summed E-state index contributed by atoms with van der Waals surface area (Å²) in [7, 11) is 0. The van der Waals surface area contributed by atoms with E-state index < -0.39 is 5.97 Å². The van der Waals surface area contributed by atoms with Crippen LogP contribution in [-0.2, 0) is 17.6 Å². The van der Waals surface area contributed by atoms with Crippen molar-refractivity contribution in [1.82, 2.24) is 4.98 Å². The molecule has 146 valence electrons. The Morgan fingerprint density at radius 2 is 1.96 bits per heavy atom.